The summed E-state index contributed by atoms with van der Waals surface area (Å²) in [6.07, 6.45) is -5.06. The van der Waals surface area contributed by atoms with Gasteiger partial charge < -0.3 is 5.32 Å². The van der Waals surface area contributed by atoms with E-state index in [1.807, 2.05) is 0 Å². The highest BCUT2D eigenvalue weighted by Gasteiger charge is 2.30. The SMILES string of the molecule is CC(CC(F)(F)F)NC(C)c1cc(Cl)ccc1Cl. The van der Waals surface area contributed by atoms with Crippen molar-refractivity contribution < 1.29 is 13.2 Å². The summed E-state index contributed by atoms with van der Waals surface area (Å²) in [6.45, 7) is 3.24. The van der Waals surface area contributed by atoms with Gasteiger partial charge in [0.15, 0.2) is 0 Å². The van der Waals surface area contributed by atoms with Crippen molar-refractivity contribution in [1.29, 1.82) is 0 Å². The van der Waals surface area contributed by atoms with Crippen LogP contribution < -0.4 is 5.32 Å². The van der Waals surface area contributed by atoms with Gasteiger partial charge in [-0.05, 0) is 37.6 Å². The highest BCUT2D eigenvalue weighted by molar-refractivity contribution is 6.33. The van der Waals surface area contributed by atoms with Gasteiger partial charge >= 0.3 is 6.18 Å². The maximum absolute atomic E-state index is 12.2. The second-order valence-electron chi connectivity index (χ2n) is 4.27. The molecule has 6 heteroatoms. The van der Waals surface area contributed by atoms with Crippen molar-refractivity contribution in [3.8, 4) is 0 Å². The Labute approximate surface area is 114 Å². The normalized spacial score (nSPS) is 15.5. The van der Waals surface area contributed by atoms with E-state index in [1.54, 1.807) is 25.1 Å². The van der Waals surface area contributed by atoms with Gasteiger partial charge in [0.25, 0.3) is 0 Å². The first kappa shape index (κ1) is 15.6. The lowest BCUT2D eigenvalue weighted by atomic mass is 10.1. The quantitative estimate of drug-likeness (QED) is 0.826. The molecule has 0 aliphatic heterocycles. The molecule has 0 heterocycles. The maximum atomic E-state index is 12.2. The van der Waals surface area contributed by atoms with Gasteiger partial charge in [-0.3, -0.25) is 0 Å². The van der Waals surface area contributed by atoms with Gasteiger partial charge in [0.05, 0.1) is 6.42 Å². The van der Waals surface area contributed by atoms with Crippen molar-refractivity contribution in [2.75, 3.05) is 0 Å². The zero-order chi connectivity index (χ0) is 13.9. The monoisotopic (exact) mass is 299 g/mol. The molecule has 1 aromatic carbocycles. The molecular weight excluding hydrogens is 286 g/mol. The molecular formula is C12H14Cl2F3N. The van der Waals surface area contributed by atoms with Crippen molar-refractivity contribution >= 4 is 23.2 Å². The molecule has 102 valence electrons. The van der Waals surface area contributed by atoms with Crippen LogP contribution in [0, 0.1) is 0 Å². The van der Waals surface area contributed by atoms with Crippen molar-refractivity contribution in [2.24, 2.45) is 0 Å². The molecule has 1 N–H and O–H groups in total. The van der Waals surface area contributed by atoms with E-state index in [4.69, 9.17) is 23.2 Å². The van der Waals surface area contributed by atoms with Gasteiger partial charge in [-0.15, -0.1) is 0 Å². The number of nitrogens with one attached hydrogen (secondary N) is 1. The van der Waals surface area contributed by atoms with Crippen LogP contribution in [0.1, 0.15) is 31.9 Å². The molecule has 0 aromatic heterocycles. The highest BCUT2D eigenvalue weighted by Crippen LogP contribution is 2.28. The lowest BCUT2D eigenvalue weighted by Crippen LogP contribution is -2.33. The number of rotatable bonds is 4. The minimum absolute atomic E-state index is 0.298. The third-order valence-corrected chi connectivity index (χ3v) is 3.08. The Morgan fingerprint density at radius 1 is 1.22 bits per heavy atom. The summed E-state index contributed by atoms with van der Waals surface area (Å²) in [6, 6.07) is 3.94. The Kier molecular flexibility index (Phi) is 5.32. The lowest BCUT2D eigenvalue weighted by molar-refractivity contribution is -0.139. The first-order chi connectivity index (χ1) is 8.19. The first-order valence-corrected chi connectivity index (χ1v) is 6.22. The van der Waals surface area contributed by atoms with Gasteiger partial charge in [-0.25, -0.2) is 0 Å². The van der Waals surface area contributed by atoms with Gasteiger partial charge in [-0.2, -0.15) is 13.2 Å². The van der Waals surface area contributed by atoms with E-state index in [2.05, 4.69) is 5.32 Å². The topological polar surface area (TPSA) is 12.0 Å². The highest BCUT2D eigenvalue weighted by atomic mass is 35.5. The molecule has 0 saturated heterocycles. The van der Waals surface area contributed by atoms with Crippen molar-refractivity contribution in [1.82, 2.24) is 5.32 Å². The van der Waals surface area contributed by atoms with Gasteiger partial charge in [0, 0.05) is 22.1 Å². The van der Waals surface area contributed by atoms with E-state index in [0.717, 1.165) is 0 Å². The summed E-state index contributed by atoms with van der Waals surface area (Å²) in [4.78, 5) is 0. The molecule has 2 unspecified atom stereocenters. The molecule has 0 aliphatic carbocycles. The Bertz CT molecular complexity index is 407. The summed E-state index contributed by atoms with van der Waals surface area (Å²) in [7, 11) is 0. The van der Waals surface area contributed by atoms with E-state index in [0.29, 0.717) is 15.6 Å². The Morgan fingerprint density at radius 2 is 1.83 bits per heavy atom. The summed E-state index contributed by atoms with van der Waals surface area (Å²) in [5, 5.41) is 3.85. The van der Waals surface area contributed by atoms with Crippen LogP contribution in [0.25, 0.3) is 0 Å². The van der Waals surface area contributed by atoms with Gasteiger partial charge in [-0.1, -0.05) is 23.2 Å². The molecule has 0 aliphatic rings. The van der Waals surface area contributed by atoms with Crippen LogP contribution in [-0.2, 0) is 0 Å². The Morgan fingerprint density at radius 3 is 2.39 bits per heavy atom. The van der Waals surface area contributed by atoms with Gasteiger partial charge in [0.1, 0.15) is 0 Å². The minimum Gasteiger partial charge on any atom is -0.307 e. The van der Waals surface area contributed by atoms with Crippen LogP contribution in [0.2, 0.25) is 10.0 Å². The summed E-state index contributed by atoms with van der Waals surface area (Å²) < 4.78 is 36.6. The molecule has 0 bridgehead atoms. The third kappa shape index (κ3) is 5.04. The summed E-state index contributed by atoms with van der Waals surface area (Å²) in [5.74, 6) is 0. The van der Waals surface area contributed by atoms with Crippen LogP contribution in [0.4, 0.5) is 13.2 Å². The number of alkyl halides is 3. The number of hydrogen-bond donors (Lipinski definition) is 1. The maximum Gasteiger partial charge on any atom is 0.390 e. The molecule has 0 radical (unpaired) electrons. The Hall–Kier alpha value is -0.450. The molecule has 1 rings (SSSR count). The van der Waals surface area contributed by atoms with Crippen LogP contribution in [-0.4, -0.2) is 12.2 Å². The fourth-order valence-corrected chi connectivity index (χ4v) is 2.23. The molecule has 0 saturated carbocycles. The standard InChI is InChI=1S/C12H14Cl2F3N/c1-7(6-12(15,16)17)18-8(2)10-5-9(13)3-4-11(10)14/h3-5,7-8,18H,6H2,1-2H3. The summed E-state index contributed by atoms with van der Waals surface area (Å²) >= 11 is 11.8. The molecule has 18 heavy (non-hydrogen) atoms. The average Bonchev–Trinajstić information content (AvgIpc) is 2.18. The zero-order valence-corrected chi connectivity index (χ0v) is 11.5. The second-order valence-corrected chi connectivity index (χ2v) is 5.12. The molecule has 0 spiro atoms. The smallest absolute Gasteiger partial charge is 0.307 e. The number of benzene rings is 1. The third-order valence-electron chi connectivity index (χ3n) is 2.50. The molecule has 1 aromatic rings. The van der Waals surface area contributed by atoms with Gasteiger partial charge in [0.2, 0.25) is 0 Å². The molecule has 0 amide bonds. The number of hydrogen-bond acceptors (Lipinski definition) is 1. The summed E-state index contributed by atoms with van der Waals surface area (Å²) in [5.41, 5.74) is 0.693. The number of halogens is 5. The van der Waals surface area contributed by atoms with E-state index in [9.17, 15) is 13.2 Å². The van der Waals surface area contributed by atoms with Crippen molar-refractivity contribution in [3.05, 3.63) is 33.8 Å². The zero-order valence-electron chi connectivity index (χ0n) is 9.98. The molecule has 2 atom stereocenters. The lowest BCUT2D eigenvalue weighted by Gasteiger charge is -2.22. The van der Waals surface area contributed by atoms with Crippen LogP contribution in [0.5, 0.6) is 0 Å². The molecule has 1 nitrogen and oxygen atoms in total. The predicted octanol–water partition coefficient (Wildman–Crippen LogP) is 4.98. The van der Waals surface area contributed by atoms with Crippen molar-refractivity contribution in [3.63, 3.8) is 0 Å². The van der Waals surface area contributed by atoms with Crippen LogP contribution in [0.15, 0.2) is 18.2 Å². The average molecular weight is 300 g/mol. The minimum atomic E-state index is -4.18. The second kappa shape index (κ2) is 6.13. The van der Waals surface area contributed by atoms with Crippen molar-refractivity contribution in [2.45, 2.75) is 38.5 Å². The van der Waals surface area contributed by atoms with E-state index in [-0.39, 0.29) is 6.04 Å². The molecule has 0 fully saturated rings. The first-order valence-electron chi connectivity index (χ1n) is 5.47. The fourth-order valence-electron chi connectivity index (χ4n) is 1.77. The fraction of sp³-hybridized carbons (Fsp3) is 0.500. The van der Waals surface area contributed by atoms with Crippen LogP contribution >= 0.6 is 23.2 Å². The van der Waals surface area contributed by atoms with E-state index >= 15 is 0 Å². The Balaban J connectivity index is 2.70. The van der Waals surface area contributed by atoms with E-state index < -0.39 is 18.6 Å². The van der Waals surface area contributed by atoms with E-state index in [1.165, 1.54) is 6.92 Å². The largest absolute Gasteiger partial charge is 0.390 e. The van der Waals surface area contributed by atoms with Crippen LogP contribution in [0.3, 0.4) is 0 Å². The predicted molar refractivity (Wildman–Crippen MR) is 68.1 cm³/mol.